The van der Waals surface area contributed by atoms with E-state index >= 15 is 0 Å². The van der Waals surface area contributed by atoms with Crippen LogP contribution in [0.15, 0.2) is 41.2 Å². The van der Waals surface area contributed by atoms with Crippen LogP contribution in [-0.4, -0.2) is 20.6 Å². The zero-order valence-electron chi connectivity index (χ0n) is 11.1. The minimum atomic E-state index is -1.07. The van der Waals surface area contributed by atoms with Crippen LogP contribution >= 0.6 is 0 Å². The van der Waals surface area contributed by atoms with Crippen molar-refractivity contribution in [3.63, 3.8) is 0 Å². The Morgan fingerprint density at radius 3 is 2.67 bits per heavy atom. The van der Waals surface area contributed by atoms with Gasteiger partial charge in [-0.1, -0.05) is 0 Å². The highest BCUT2D eigenvalue weighted by molar-refractivity contribution is 5.92. The Balaban J connectivity index is 2.27. The molecule has 3 aromatic rings. The van der Waals surface area contributed by atoms with Gasteiger partial charge in [0, 0.05) is 0 Å². The summed E-state index contributed by atoms with van der Waals surface area (Å²) in [5.74, 6) is -1.41. The molecule has 1 aromatic heterocycles. The Labute approximate surface area is 118 Å². The first-order valence-corrected chi connectivity index (χ1v) is 6.22. The number of nitrogens with one attached hydrogen (secondary N) is 1. The number of carboxylic acids is 1. The molecule has 0 atom stereocenters. The third-order valence-corrected chi connectivity index (χ3v) is 3.33. The Hall–Kier alpha value is -2.89. The van der Waals surface area contributed by atoms with Gasteiger partial charge < -0.3 is 10.1 Å². The SMILES string of the molecule is Cc1cc(-n2c(=O)[nH]c3cc(C(=O)O)ccc32)ccc1F. The smallest absolute Gasteiger partial charge is 0.335 e. The molecular weight excluding hydrogens is 275 g/mol. The molecule has 0 unspecified atom stereocenters. The lowest BCUT2D eigenvalue weighted by molar-refractivity contribution is 0.0697. The highest BCUT2D eigenvalue weighted by Gasteiger charge is 2.12. The van der Waals surface area contributed by atoms with Crippen LogP contribution in [0.2, 0.25) is 0 Å². The van der Waals surface area contributed by atoms with E-state index in [2.05, 4.69) is 4.98 Å². The average Bonchev–Trinajstić information content (AvgIpc) is 2.76. The maximum Gasteiger partial charge on any atom is 0.335 e. The quantitative estimate of drug-likeness (QED) is 0.760. The van der Waals surface area contributed by atoms with Crippen molar-refractivity contribution in [2.45, 2.75) is 6.92 Å². The average molecular weight is 286 g/mol. The molecule has 0 aliphatic carbocycles. The first-order chi connectivity index (χ1) is 9.97. The van der Waals surface area contributed by atoms with E-state index in [-0.39, 0.29) is 11.4 Å². The second kappa shape index (κ2) is 4.59. The Bertz CT molecular complexity index is 924. The molecule has 0 radical (unpaired) electrons. The molecule has 106 valence electrons. The number of aromatic amines is 1. The van der Waals surface area contributed by atoms with Crippen LogP contribution < -0.4 is 5.69 Å². The summed E-state index contributed by atoms with van der Waals surface area (Å²) in [5.41, 5.74) is 1.59. The molecule has 6 heteroatoms. The van der Waals surface area contributed by atoms with Crippen LogP contribution in [-0.2, 0) is 0 Å². The third-order valence-electron chi connectivity index (χ3n) is 3.33. The van der Waals surface area contributed by atoms with Crippen molar-refractivity contribution in [2.75, 3.05) is 0 Å². The van der Waals surface area contributed by atoms with Crippen molar-refractivity contribution in [3.8, 4) is 5.69 Å². The van der Waals surface area contributed by atoms with E-state index in [4.69, 9.17) is 5.11 Å². The van der Waals surface area contributed by atoms with Gasteiger partial charge >= 0.3 is 11.7 Å². The molecule has 0 spiro atoms. The summed E-state index contributed by atoms with van der Waals surface area (Å²) in [6, 6.07) is 8.73. The van der Waals surface area contributed by atoms with Crippen molar-refractivity contribution in [1.29, 1.82) is 0 Å². The predicted octanol–water partition coefficient (Wildman–Crippen LogP) is 2.46. The topological polar surface area (TPSA) is 75.1 Å². The second-order valence-electron chi connectivity index (χ2n) is 4.74. The Morgan fingerprint density at radius 1 is 1.24 bits per heavy atom. The summed E-state index contributed by atoms with van der Waals surface area (Å²) in [5, 5.41) is 8.96. The molecule has 0 amide bonds. The number of aromatic carboxylic acids is 1. The van der Waals surface area contributed by atoms with Gasteiger partial charge in [0.1, 0.15) is 5.82 Å². The fraction of sp³-hybridized carbons (Fsp3) is 0.0667. The Kier molecular flexibility index (Phi) is 2.86. The second-order valence-corrected chi connectivity index (χ2v) is 4.74. The Morgan fingerprint density at radius 2 is 2.00 bits per heavy atom. The van der Waals surface area contributed by atoms with E-state index in [1.54, 1.807) is 19.1 Å². The minimum absolute atomic E-state index is 0.0891. The monoisotopic (exact) mass is 286 g/mol. The number of fused-ring (bicyclic) bond motifs is 1. The molecule has 1 heterocycles. The lowest BCUT2D eigenvalue weighted by Gasteiger charge is -2.05. The van der Waals surface area contributed by atoms with Crippen LogP contribution in [0, 0.1) is 12.7 Å². The normalized spacial score (nSPS) is 11.0. The van der Waals surface area contributed by atoms with Gasteiger partial charge in [-0.15, -0.1) is 0 Å². The van der Waals surface area contributed by atoms with Crippen LogP contribution in [0.4, 0.5) is 4.39 Å². The third kappa shape index (κ3) is 2.10. The minimum Gasteiger partial charge on any atom is -0.478 e. The van der Waals surface area contributed by atoms with E-state index in [1.807, 2.05) is 0 Å². The van der Waals surface area contributed by atoms with E-state index in [9.17, 15) is 14.0 Å². The fourth-order valence-corrected chi connectivity index (χ4v) is 2.27. The van der Waals surface area contributed by atoms with Gasteiger partial charge in [0.05, 0.1) is 22.3 Å². The number of halogens is 1. The van der Waals surface area contributed by atoms with E-state index in [0.29, 0.717) is 22.3 Å². The molecular formula is C15H11FN2O3. The number of rotatable bonds is 2. The van der Waals surface area contributed by atoms with Crippen molar-refractivity contribution in [2.24, 2.45) is 0 Å². The van der Waals surface area contributed by atoms with Gasteiger partial charge in [0.25, 0.3) is 0 Å². The number of carboxylic acid groups (broad SMARTS) is 1. The molecule has 0 aliphatic heterocycles. The van der Waals surface area contributed by atoms with Crippen molar-refractivity contribution >= 4 is 17.0 Å². The van der Waals surface area contributed by atoms with Crippen molar-refractivity contribution in [3.05, 3.63) is 63.8 Å². The predicted molar refractivity (Wildman–Crippen MR) is 75.6 cm³/mol. The van der Waals surface area contributed by atoms with E-state index in [0.717, 1.165) is 0 Å². The highest BCUT2D eigenvalue weighted by atomic mass is 19.1. The van der Waals surface area contributed by atoms with Crippen LogP contribution in [0.3, 0.4) is 0 Å². The zero-order chi connectivity index (χ0) is 15.1. The standard InChI is InChI=1S/C15H11FN2O3/c1-8-6-10(3-4-11(8)16)18-13-5-2-9(14(19)20)7-12(13)17-15(18)21/h2-7H,1H3,(H,17,21)(H,19,20). The first-order valence-electron chi connectivity index (χ1n) is 6.22. The van der Waals surface area contributed by atoms with Gasteiger partial charge in [-0.05, 0) is 48.9 Å². The number of carbonyl (C=O) groups is 1. The largest absolute Gasteiger partial charge is 0.478 e. The lowest BCUT2D eigenvalue weighted by atomic mass is 10.2. The molecule has 0 fully saturated rings. The molecule has 0 aliphatic rings. The number of nitrogens with zero attached hydrogens (tertiary/aromatic N) is 1. The molecule has 0 saturated heterocycles. The maximum atomic E-state index is 13.3. The number of hydrogen-bond acceptors (Lipinski definition) is 2. The number of aromatic nitrogens is 2. The molecule has 0 saturated carbocycles. The molecule has 2 aromatic carbocycles. The van der Waals surface area contributed by atoms with Crippen LogP contribution in [0.5, 0.6) is 0 Å². The maximum absolute atomic E-state index is 13.3. The molecule has 2 N–H and O–H groups in total. The van der Waals surface area contributed by atoms with Crippen molar-refractivity contribution < 1.29 is 14.3 Å². The molecule has 3 rings (SSSR count). The summed E-state index contributed by atoms with van der Waals surface area (Å²) in [6.45, 7) is 1.61. The van der Waals surface area contributed by atoms with Gasteiger partial charge in [0.15, 0.2) is 0 Å². The summed E-state index contributed by atoms with van der Waals surface area (Å²) in [4.78, 5) is 25.6. The zero-order valence-corrected chi connectivity index (χ0v) is 11.1. The lowest BCUT2D eigenvalue weighted by Crippen LogP contribution is -2.14. The van der Waals surface area contributed by atoms with Gasteiger partial charge in [-0.3, -0.25) is 4.57 Å². The van der Waals surface area contributed by atoms with Gasteiger partial charge in [-0.2, -0.15) is 0 Å². The van der Waals surface area contributed by atoms with Crippen molar-refractivity contribution in [1.82, 2.24) is 9.55 Å². The summed E-state index contributed by atoms with van der Waals surface area (Å²) in [6.07, 6.45) is 0. The number of hydrogen-bond donors (Lipinski definition) is 2. The highest BCUT2D eigenvalue weighted by Crippen LogP contribution is 2.19. The molecule has 0 bridgehead atoms. The fourth-order valence-electron chi connectivity index (χ4n) is 2.27. The molecule has 5 nitrogen and oxygen atoms in total. The number of aryl methyl sites for hydroxylation is 1. The van der Waals surface area contributed by atoms with E-state index in [1.165, 1.54) is 28.8 Å². The molecule has 21 heavy (non-hydrogen) atoms. The summed E-state index contributed by atoms with van der Waals surface area (Å²) < 4.78 is 14.7. The number of benzene rings is 2. The van der Waals surface area contributed by atoms with Gasteiger partial charge in [-0.25, -0.2) is 14.0 Å². The number of H-pyrrole nitrogens is 1. The first kappa shape index (κ1) is 13.1. The summed E-state index contributed by atoms with van der Waals surface area (Å²) >= 11 is 0. The number of imidazole rings is 1. The van der Waals surface area contributed by atoms with Crippen LogP contribution in [0.1, 0.15) is 15.9 Å². The summed E-state index contributed by atoms with van der Waals surface area (Å²) in [7, 11) is 0. The van der Waals surface area contributed by atoms with Gasteiger partial charge in [0.2, 0.25) is 0 Å². The van der Waals surface area contributed by atoms with Crippen LogP contribution in [0.25, 0.3) is 16.7 Å². The van der Waals surface area contributed by atoms with E-state index < -0.39 is 11.7 Å².